The highest BCUT2D eigenvalue weighted by Gasteiger charge is 2.14. The molecular formula is C17H14N4OS2. The first kappa shape index (κ1) is 14.9. The van der Waals surface area contributed by atoms with Crippen LogP contribution in [0.3, 0.4) is 0 Å². The van der Waals surface area contributed by atoms with Gasteiger partial charge in [0.2, 0.25) is 5.13 Å². The summed E-state index contributed by atoms with van der Waals surface area (Å²) in [5.74, 6) is 1.43. The number of anilines is 1. The van der Waals surface area contributed by atoms with Gasteiger partial charge in [-0.1, -0.05) is 0 Å². The zero-order valence-electron chi connectivity index (χ0n) is 12.8. The van der Waals surface area contributed by atoms with E-state index in [1.165, 1.54) is 11.3 Å². The van der Waals surface area contributed by atoms with Crippen molar-refractivity contribution in [3.05, 3.63) is 52.7 Å². The predicted molar refractivity (Wildman–Crippen MR) is 98.9 cm³/mol. The van der Waals surface area contributed by atoms with Gasteiger partial charge in [-0.3, -0.25) is 0 Å². The van der Waals surface area contributed by atoms with Crippen LogP contribution in [-0.4, -0.2) is 21.9 Å². The van der Waals surface area contributed by atoms with Crippen LogP contribution in [0.25, 0.3) is 27.5 Å². The van der Waals surface area contributed by atoms with E-state index >= 15 is 0 Å². The Hall–Kier alpha value is -2.64. The van der Waals surface area contributed by atoms with Crippen molar-refractivity contribution in [2.75, 3.05) is 12.8 Å². The van der Waals surface area contributed by atoms with E-state index in [1.807, 2.05) is 41.1 Å². The maximum atomic E-state index is 6.27. The van der Waals surface area contributed by atoms with Crippen LogP contribution >= 0.6 is 22.7 Å². The SMILES string of the molecule is COc1ccc(-c2csc(-n3ncc(-c4ccsc4)c3N)n2)cc1. The highest BCUT2D eigenvalue weighted by Crippen LogP contribution is 2.31. The maximum absolute atomic E-state index is 6.27. The molecule has 4 rings (SSSR count). The summed E-state index contributed by atoms with van der Waals surface area (Å²) in [5, 5.41) is 11.2. The van der Waals surface area contributed by atoms with E-state index in [0.717, 1.165) is 33.3 Å². The highest BCUT2D eigenvalue weighted by atomic mass is 32.1. The Morgan fingerprint density at radius 3 is 2.62 bits per heavy atom. The predicted octanol–water partition coefficient (Wildman–Crippen LogP) is 4.32. The second kappa shape index (κ2) is 6.10. The van der Waals surface area contributed by atoms with Crippen molar-refractivity contribution in [1.82, 2.24) is 14.8 Å². The van der Waals surface area contributed by atoms with Crippen LogP contribution in [0.5, 0.6) is 5.75 Å². The number of benzene rings is 1. The molecular weight excluding hydrogens is 340 g/mol. The van der Waals surface area contributed by atoms with Gasteiger partial charge in [0, 0.05) is 16.5 Å². The first-order valence-corrected chi connectivity index (χ1v) is 9.05. The van der Waals surface area contributed by atoms with Crippen LogP contribution in [0.4, 0.5) is 5.82 Å². The van der Waals surface area contributed by atoms with E-state index in [1.54, 1.807) is 29.3 Å². The minimum atomic E-state index is 0.601. The topological polar surface area (TPSA) is 66.0 Å². The van der Waals surface area contributed by atoms with Crippen LogP contribution in [0, 0.1) is 0 Å². The Morgan fingerprint density at radius 1 is 1.08 bits per heavy atom. The molecule has 0 aliphatic rings. The number of nitrogens with zero attached hydrogens (tertiary/aromatic N) is 3. The largest absolute Gasteiger partial charge is 0.497 e. The van der Waals surface area contributed by atoms with Crippen LogP contribution < -0.4 is 10.5 Å². The highest BCUT2D eigenvalue weighted by molar-refractivity contribution is 7.12. The van der Waals surface area contributed by atoms with Crippen LogP contribution in [0.15, 0.2) is 52.7 Å². The lowest BCUT2D eigenvalue weighted by molar-refractivity contribution is 0.415. The Morgan fingerprint density at radius 2 is 1.92 bits per heavy atom. The van der Waals surface area contributed by atoms with Crippen molar-refractivity contribution in [3.63, 3.8) is 0 Å². The van der Waals surface area contributed by atoms with Gasteiger partial charge in [0.1, 0.15) is 11.6 Å². The number of nitrogens with two attached hydrogens (primary N) is 1. The number of hydrogen-bond donors (Lipinski definition) is 1. The molecule has 2 N–H and O–H groups in total. The Labute approximate surface area is 147 Å². The molecule has 24 heavy (non-hydrogen) atoms. The summed E-state index contributed by atoms with van der Waals surface area (Å²) in [6.07, 6.45) is 1.78. The average Bonchev–Trinajstić information content (AvgIpc) is 3.35. The number of methoxy groups -OCH3 is 1. The smallest absolute Gasteiger partial charge is 0.212 e. The van der Waals surface area contributed by atoms with Crippen LogP contribution in [0.1, 0.15) is 0 Å². The molecule has 0 bridgehead atoms. The summed E-state index contributed by atoms with van der Waals surface area (Å²) in [7, 11) is 1.65. The summed E-state index contributed by atoms with van der Waals surface area (Å²) < 4.78 is 6.87. The van der Waals surface area contributed by atoms with E-state index < -0.39 is 0 Å². The fourth-order valence-electron chi connectivity index (χ4n) is 2.41. The molecule has 3 aromatic heterocycles. The fourth-order valence-corrected chi connectivity index (χ4v) is 3.86. The molecule has 0 atom stereocenters. The number of thiazole rings is 1. The quantitative estimate of drug-likeness (QED) is 0.593. The summed E-state index contributed by atoms with van der Waals surface area (Å²) in [5.41, 5.74) is 10.2. The van der Waals surface area contributed by atoms with Gasteiger partial charge in [0.25, 0.3) is 0 Å². The van der Waals surface area contributed by atoms with Crippen LogP contribution in [0.2, 0.25) is 0 Å². The molecule has 0 spiro atoms. The van der Waals surface area contributed by atoms with E-state index in [0.29, 0.717) is 5.82 Å². The summed E-state index contributed by atoms with van der Waals surface area (Å²) in [4.78, 5) is 4.66. The molecule has 0 aliphatic heterocycles. The first-order valence-electron chi connectivity index (χ1n) is 7.22. The Bertz CT molecular complexity index is 955. The lowest BCUT2D eigenvalue weighted by atomic mass is 10.2. The fraction of sp³-hybridized carbons (Fsp3) is 0.0588. The zero-order valence-corrected chi connectivity index (χ0v) is 14.5. The van der Waals surface area contributed by atoms with Gasteiger partial charge in [-0.05, 0) is 46.7 Å². The number of rotatable bonds is 4. The number of hydrogen-bond acceptors (Lipinski definition) is 6. The van der Waals surface area contributed by atoms with Gasteiger partial charge in [-0.2, -0.15) is 21.1 Å². The van der Waals surface area contributed by atoms with E-state index in [-0.39, 0.29) is 0 Å². The normalized spacial score (nSPS) is 10.9. The molecule has 0 radical (unpaired) electrons. The summed E-state index contributed by atoms with van der Waals surface area (Å²) in [6, 6.07) is 9.85. The molecule has 0 unspecified atom stereocenters. The number of nitrogen functional groups attached to an aromatic ring is 1. The van der Waals surface area contributed by atoms with E-state index in [9.17, 15) is 0 Å². The van der Waals surface area contributed by atoms with Crippen LogP contribution in [-0.2, 0) is 0 Å². The number of ether oxygens (including phenoxy) is 1. The minimum absolute atomic E-state index is 0.601. The molecule has 0 amide bonds. The number of aromatic nitrogens is 3. The van der Waals surface area contributed by atoms with Gasteiger partial charge in [0.05, 0.1) is 19.0 Å². The molecule has 0 fully saturated rings. The van der Waals surface area contributed by atoms with Crippen molar-refractivity contribution in [2.24, 2.45) is 0 Å². The van der Waals surface area contributed by atoms with E-state index in [2.05, 4.69) is 15.5 Å². The number of thiophene rings is 1. The van der Waals surface area contributed by atoms with Gasteiger partial charge in [-0.15, -0.1) is 11.3 Å². The lowest BCUT2D eigenvalue weighted by Gasteiger charge is -2.01. The first-order chi connectivity index (χ1) is 11.8. The average molecular weight is 354 g/mol. The molecule has 0 saturated heterocycles. The molecule has 120 valence electrons. The second-order valence-corrected chi connectivity index (χ2v) is 6.73. The standard InChI is InChI=1S/C17H14N4OS2/c1-22-13-4-2-11(3-5-13)15-10-24-17(20-15)21-16(18)14(8-19-21)12-6-7-23-9-12/h2-10H,18H2,1H3. The molecule has 7 heteroatoms. The molecule has 5 nitrogen and oxygen atoms in total. The minimum Gasteiger partial charge on any atom is -0.497 e. The molecule has 1 aromatic carbocycles. The van der Waals surface area contributed by atoms with E-state index in [4.69, 9.17) is 10.5 Å². The van der Waals surface area contributed by atoms with Crippen molar-refractivity contribution in [1.29, 1.82) is 0 Å². The molecule has 0 saturated carbocycles. The summed E-state index contributed by atoms with van der Waals surface area (Å²) in [6.45, 7) is 0. The Balaban J connectivity index is 1.68. The zero-order chi connectivity index (χ0) is 16.5. The van der Waals surface area contributed by atoms with Gasteiger partial charge in [0.15, 0.2) is 0 Å². The van der Waals surface area contributed by atoms with Crippen molar-refractivity contribution < 1.29 is 4.74 Å². The third-order valence-electron chi connectivity index (χ3n) is 3.70. The van der Waals surface area contributed by atoms with Crippen molar-refractivity contribution in [3.8, 4) is 33.3 Å². The lowest BCUT2D eigenvalue weighted by Crippen LogP contribution is -2.01. The van der Waals surface area contributed by atoms with Gasteiger partial charge >= 0.3 is 0 Å². The van der Waals surface area contributed by atoms with Gasteiger partial charge in [-0.25, -0.2) is 4.98 Å². The Kier molecular flexibility index (Phi) is 3.79. The maximum Gasteiger partial charge on any atom is 0.212 e. The third-order valence-corrected chi connectivity index (χ3v) is 5.20. The molecule has 4 aromatic rings. The summed E-state index contributed by atoms with van der Waals surface area (Å²) >= 11 is 3.15. The van der Waals surface area contributed by atoms with Gasteiger partial charge < -0.3 is 10.5 Å². The van der Waals surface area contributed by atoms with Crippen molar-refractivity contribution >= 4 is 28.5 Å². The second-order valence-electron chi connectivity index (χ2n) is 5.11. The molecule has 3 heterocycles. The van der Waals surface area contributed by atoms with Crippen molar-refractivity contribution in [2.45, 2.75) is 0 Å². The third kappa shape index (κ3) is 2.57. The molecule has 0 aliphatic carbocycles. The monoisotopic (exact) mass is 354 g/mol.